The van der Waals surface area contributed by atoms with Gasteiger partial charge in [0.2, 0.25) is 0 Å². The maximum Gasteiger partial charge on any atom is 0.344 e. The maximum atomic E-state index is 11.8. The molecule has 0 N–H and O–H groups in total. The Kier molecular flexibility index (Phi) is 7.96. The van der Waals surface area contributed by atoms with Gasteiger partial charge in [0.1, 0.15) is 29.6 Å². The van der Waals surface area contributed by atoms with Gasteiger partial charge in [-0.3, -0.25) is 0 Å². The van der Waals surface area contributed by atoms with E-state index in [1.165, 1.54) is 5.56 Å². The van der Waals surface area contributed by atoms with Gasteiger partial charge in [-0.2, -0.15) is 0 Å². The van der Waals surface area contributed by atoms with Crippen LogP contribution < -0.4 is 14.2 Å². The highest BCUT2D eigenvalue weighted by Crippen LogP contribution is 2.42. The second-order valence-corrected chi connectivity index (χ2v) is 9.16. The maximum absolute atomic E-state index is 11.8. The SMILES string of the molecule is CCOC(=O)COc1cc(C)c(Oc2ccc(OCc3ccccc3)c(C(C)C)c2)c2c1CCC2. The minimum atomic E-state index is -0.354. The fourth-order valence-corrected chi connectivity index (χ4v) is 4.49. The third-order valence-electron chi connectivity index (χ3n) is 6.21. The zero-order valence-corrected chi connectivity index (χ0v) is 21.1. The fourth-order valence-electron chi connectivity index (χ4n) is 4.49. The topological polar surface area (TPSA) is 54.0 Å². The predicted molar refractivity (Wildman–Crippen MR) is 137 cm³/mol. The number of aryl methyl sites for hydroxylation is 1. The molecule has 0 saturated carbocycles. The van der Waals surface area contributed by atoms with Crippen molar-refractivity contribution < 1.29 is 23.7 Å². The van der Waals surface area contributed by atoms with Gasteiger partial charge in [-0.1, -0.05) is 44.2 Å². The molecule has 5 heteroatoms. The van der Waals surface area contributed by atoms with Crippen molar-refractivity contribution >= 4 is 5.97 Å². The van der Waals surface area contributed by atoms with E-state index in [1.54, 1.807) is 6.92 Å². The number of rotatable bonds is 10. The number of benzene rings is 3. The van der Waals surface area contributed by atoms with Gasteiger partial charge in [-0.15, -0.1) is 0 Å². The van der Waals surface area contributed by atoms with Crippen molar-refractivity contribution in [3.63, 3.8) is 0 Å². The van der Waals surface area contributed by atoms with Crippen LogP contribution in [0.15, 0.2) is 54.6 Å². The highest BCUT2D eigenvalue weighted by molar-refractivity contribution is 5.71. The Balaban J connectivity index is 1.55. The number of carbonyl (C=O) groups is 1. The number of carbonyl (C=O) groups excluding carboxylic acids is 1. The first kappa shape index (κ1) is 24.6. The van der Waals surface area contributed by atoms with E-state index in [2.05, 4.69) is 32.0 Å². The molecule has 0 amide bonds. The molecule has 0 bridgehead atoms. The van der Waals surface area contributed by atoms with Crippen molar-refractivity contribution in [3.05, 3.63) is 82.4 Å². The van der Waals surface area contributed by atoms with Gasteiger partial charge in [-0.25, -0.2) is 4.79 Å². The van der Waals surface area contributed by atoms with Gasteiger partial charge in [-0.05, 0) is 74.4 Å². The summed E-state index contributed by atoms with van der Waals surface area (Å²) in [6.07, 6.45) is 2.87. The molecule has 0 aliphatic heterocycles. The Morgan fingerprint density at radius 3 is 2.46 bits per heavy atom. The van der Waals surface area contributed by atoms with Gasteiger partial charge >= 0.3 is 5.97 Å². The van der Waals surface area contributed by atoms with Crippen LogP contribution in [0, 0.1) is 6.92 Å². The van der Waals surface area contributed by atoms with Crippen LogP contribution in [0.5, 0.6) is 23.0 Å². The fraction of sp³-hybridized carbons (Fsp3) is 0.367. The molecule has 0 unspecified atom stereocenters. The number of fused-ring (bicyclic) bond motifs is 1. The Morgan fingerprint density at radius 2 is 1.71 bits per heavy atom. The van der Waals surface area contributed by atoms with Crippen LogP contribution in [0.3, 0.4) is 0 Å². The van der Waals surface area contributed by atoms with Crippen LogP contribution in [-0.2, 0) is 29.0 Å². The molecule has 1 aliphatic rings. The van der Waals surface area contributed by atoms with Crippen molar-refractivity contribution in [1.29, 1.82) is 0 Å². The lowest BCUT2D eigenvalue weighted by molar-refractivity contribution is -0.145. The van der Waals surface area contributed by atoms with E-state index in [1.807, 2.05) is 43.3 Å². The summed E-state index contributed by atoms with van der Waals surface area (Å²) in [7, 11) is 0. The van der Waals surface area contributed by atoms with Crippen molar-refractivity contribution in [2.45, 2.75) is 59.5 Å². The quantitative estimate of drug-likeness (QED) is 0.299. The Bertz CT molecular complexity index is 1170. The molecule has 4 rings (SSSR count). The molecule has 0 atom stereocenters. The van der Waals surface area contributed by atoms with E-state index < -0.39 is 0 Å². The smallest absolute Gasteiger partial charge is 0.344 e. The van der Waals surface area contributed by atoms with Gasteiger partial charge in [0, 0.05) is 16.7 Å². The van der Waals surface area contributed by atoms with Gasteiger partial charge in [0.05, 0.1) is 6.61 Å². The molecule has 3 aromatic rings. The summed E-state index contributed by atoms with van der Waals surface area (Å²) in [4.78, 5) is 11.8. The highest BCUT2D eigenvalue weighted by Gasteiger charge is 2.24. The van der Waals surface area contributed by atoms with Crippen molar-refractivity contribution in [3.8, 4) is 23.0 Å². The van der Waals surface area contributed by atoms with E-state index in [0.29, 0.717) is 13.2 Å². The van der Waals surface area contributed by atoms with Crippen molar-refractivity contribution in [2.24, 2.45) is 0 Å². The first-order valence-electron chi connectivity index (χ1n) is 12.4. The van der Waals surface area contributed by atoms with E-state index in [-0.39, 0.29) is 18.5 Å². The average molecular weight is 475 g/mol. The number of esters is 1. The minimum absolute atomic E-state index is 0.0812. The van der Waals surface area contributed by atoms with Crippen molar-refractivity contribution in [1.82, 2.24) is 0 Å². The van der Waals surface area contributed by atoms with E-state index >= 15 is 0 Å². The molecule has 0 aromatic heterocycles. The van der Waals surface area contributed by atoms with Crippen molar-refractivity contribution in [2.75, 3.05) is 13.2 Å². The molecule has 0 heterocycles. The zero-order valence-electron chi connectivity index (χ0n) is 21.1. The summed E-state index contributed by atoms with van der Waals surface area (Å²) in [5, 5.41) is 0. The summed E-state index contributed by atoms with van der Waals surface area (Å²) in [5.41, 5.74) is 5.53. The van der Waals surface area contributed by atoms with Crippen LogP contribution in [0.4, 0.5) is 0 Å². The number of hydrogen-bond donors (Lipinski definition) is 0. The second-order valence-electron chi connectivity index (χ2n) is 9.16. The second kappa shape index (κ2) is 11.3. The molecule has 35 heavy (non-hydrogen) atoms. The average Bonchev–Trinajstić information content (AvgIpc) is 3.34. The summed E-state index contributed by atoms with van der Waals surface area (Å²) < 4.78 is 23.5. The number of ether oxygens (including phenoxy) is 4. The van der Waals surface area contributed by atoms with Crippen LogP contribution >= 0.6 is 0 Å². The molecule has 0 spiro atoms. The normalized spacial score (nSPS) is 12.4. The lowest BCUT2D eigenvalue weighted by Crippen LogP contribution is -2.15. The van der Waals surface area contributed by atoms with E-state index in [0.717, 1.165) is 64.5 Å². The Labute approximate surface area is 208 Å². The Hall–Kier alpha value is -3.47. The van der Waals surface area contributed by atoms with Crippen LogP contribution in [0.2, 0.25) is 0 Å². The lowest BCUT2D eigenvalue weighted by atomic mass is 10.0. The van der Waals surface area contributed by atoms with Gasteiger partial charge < -0.3 is 18.9 Å². The molecular weight excluding hydrogens is 440 g/mol. The molecule has 0 fully saturated rings. The third-order valence-corrected chi connectivity index (χ3v) is 6.21. The Morgan fingerprint density at radius 1 is 0.943 bits per heavy atom. The van der Waals surface area contributed by atoms with Crippen LogP contribution in [-0.4, -0.2) is 19.2 Å². The molecule has 3 aromatic carbocycles. The predicted octanol–water partition coefficient (Wildman–Crippen LogP) is 6.92. The summed E-state index contributed by atoms with van der Waals surface area (Å²) >= 11 is 0. The third kappa shape index (κ3) is 5.97. The van der Waals surface area contributed by atoms with E-state index in [4.69, 9.17) is 18.9 Å². The molecule has 0 radical (unpaired) electrons. The van der Waals surface area contributed by atoms with Gasteiger partial charge in [0.25, 0.3) is 0 Å². The van der Waals surface area contributed by atoms with Gasteiger partial charge in [0.15, 0.2) is 6.61 Å². The lowest BCUT2D eigenvalue weighted by Gasteiger charge is -2.19. The highest BCUT2D eigenvalue weighted by atomic mass is 16.6. The molecule has 184 valence electrons. The first-order valence-corrected chi connectivity index (χ1v) is 12.4. The molecular formula is C30H34O5. The molecule has 1 aliphatic carbocycles. The summed E-state index contributed by atoms with van der Waals surface area (Å²) in [5.74, 6) is 3.23. The largest absolute Gasteiger partial charge is 0.489 e. The summed E-state index contributed by atoms with van der Waals surface area (Å²) in [6, 6.07) is 18.2. The minimum Gasteiger partial charge on any atom is -0.489 e. The van der Waals surface area contributed by atoms with E-state index in [9.17, 15) is 4.79 Å². The number of hydrogen-bond acceptors (Lipinski definition) is 5. The molecule has 5 nitrogen and oxygen atoms in total. The summed E-state index contributed by atoms with van der Waals surface area (Å²) in [6.45, 7) is 8.92. The monoisotopic (exact) mass is 474 g/mol. The molecule has 0 saturated heterocycles. The van der Waals surface area contributed by atoms with Crippen LogP contribution in [0.1, 0.15) is 60.9 Å². The zero-order chi connectivity index (χ0) is 24.8. The first-order chi connectivity index (χ1) is 17.0. The van der Waals surface area contributed by atoms with Crippen LogP contribution in [0.25, 0.3) is 0 Å². The standard InChI is InChI=1S/C30H34O5/c1-5-32-29(31)19-34-28-16-21(4)30(25-13-9-12-24(25)28)35-23-14-15-27(26(17-23)20(2)3)33-18-22-10-7-6-8-11-22/h6-8,10-11,14-17,20H,5,9,12-13,18-19H2,1-4H3.